The summed E-state index contributed by atoms with van der Waals surface area (Å²) in [5.41, 5.74) is 0. The molecule has 0 aromatic heterocycles. The fraction of sp³-hybridized carbons (Fsp3) is 0.632. The summed E-state index contributed by atoms with van der Waals surface area (Å²) in [5, 5.41) is 0.542. The van der Waals surface area contributed by atoms with Crippen molar-refractivity contribution in [3.8, 4) is 5.75 Å². The summed E-state index contributed by atoms with van der Waals surface area (Å²) in [6.07, 6.45) is 7.35. The van der Waals surface area contributed by atoms with Crippen LogP contribution >= 0.6 is 11.6 Å². The maximum Gasteiger partial charge on any atom is 0.260 e. The van der Waals surface area contributed by atoms with Crippen molar-refractivity contribution in [2.75, 3.05) is 26.7 Å². The summed E-state index contributed by atoms with van der Waals surface area (Å²) in [5.74, 6) is 0.603. The number of likely N-dealkylation sites (N-methyl/N-ethyl adjacent to an activating group) is 1. The molecule has 2 atom stereocenters. The number of rotatable bonds is 5. The van der Waals surface area contributed by atoms with E-state index in [1.54, 1.807) is 12.1 Å². The van der Waals surface area contributed by atoms with Gasteiger partial charge in [-0.2, -0.15) is 0 Å². The van der Waals surface area contributed by atoms with Gasteiger partial charge in [0.2, 0.25) is 0 Å². The van der Waals surface area contributed by atoms with Crippen molar-refractivity contribution in [2.24, 2.45) is 0 Å². The third-order valence-electron chi connectivity index (χ3n) is 5.38. The Labute approximate surface area is 149 Å². The number of para-hydroxylation sites is 1. The molecule has 3 rings (SSSR count). The average molecular weight is 351 g/mol. The Morgan fingerprint density at radius 3 is 2.67 bits per heavy atom. The molecule has 0 bridgehead atoms. The van der Waals surface area contributed by atoms with Gasteiger partial charge in [-0.1, -0.05) is 36.6 Å². The minimum atomic E-state index is 0.0333. The largest absolute Gasteiger partial charge is 0.482 e. The minimum Gasteiger partial charge on any atom is -0.482 e. The second kappa shape index (κ2) is 8.21. The van der Waals surface area contributed by atoms with Crippen LogP contribution in [0.25, 0.3) is 0 Å². The molecule has 1 amide bonds. The van der Waals surface area contributed by atoms with E-state index in [9.17, 15) is 4.79 Å². The highest BCUT2D eigenvalue weighted by molar-refractivity contribution is 6.32. The fourth-order valence-corrected chi connectivity index (χ4v) is 4.22. The quantitative estimate of drug-likeness (QED) is 0.813. The van der Waals surface area contributed by atoms with Gasteiger partial charge in [-0.05, 0) is 50.9 Å². The van der Waals surface area contributed by atoms with Gasteiger partial charge in [-0.15, -0.1) is 0 Å². The van der Waals surface area contributed by atoms with E-state index < -0.39 is 0 Å². The Bertz CT molecular complexity index is 560. The van der Waals surface area contributed by atoms with Gasteiger partial charge in [0.15, 0.2) is 6.61 Å². The van der Waals surface area contributed by atoms with Crippen LogP contribution in [0.4, 0.5) is 0 Å². The van der Waals surface area contributed by atoms with E-state index in [-0.39, 0.29) is 12.5 Å². The number of benzene rings is 1. The first-order chi connectivity index (χ1) is 11.7. The van der Waals surface area contributed by atoms with Crippen LogP contribution in [0.5, 0.6) is 5.75 Å². The molecule has 5 heteroatoms. The SMILES string of the molecule is CN(C(=O)COc1ccccc1Cl)C1CCCCC1N1CCCC1. The molecule has 1 aliphatic carbocycles. The van der Waals surface area contributed by atoms with Crippen LogP contribution in [0.2, 0.25) is 5.02 Å². The van der Waals surface area contributed by atoms with E-state index in [4.69, 9.17) is 16.3 Å². The lowest BCUT2D eigenvalue weighted by molar-refractivity contribution is -0.136. The van der Waals surface area contributed by atoms with Gasteiger partial charge in [0.05, 0.1) is 5.02 Å². The molecule has 2 unspecified atom stereocenters. The first-order valence-corrected chi connectivity index (χ1v) is 9.41. The molecule has 1 saturated carbocycles. The zero-order chi connectivity index (χ0) is 16.9. The highest BCUT2D eigenvalue weighted by Crippen LogP contribution is 2.29. The van der Waals surface area contributed by atoms with Crippen LogP contribution in [0, 0.1) is 0 Å². The van der Waals surface area contributed by atoms with Gasteiger partial charge in [-0.3, -0.25) is 9.69 Å². The summed E-state index contributed by atoms with van der Waals surface area (Å²) in [6, 6.07) is 8.10. The van der Waals surface area contributed by atoms with E-state index in [0.717, 1.165) is 6.42 Å². The number of halogens is 1. The number of carbonyl (C=O) groups excluding carboxylic acids is 1. The lowest BCUT2D eigenvalue weighted by Gasteiger charge is -2.42. The summed E-state index contributed by atoms with van der Waals surface area (Å²) in [6.45, 7) is 2.40. The number of ether oxygens (including phenoxy) is 1. The molecule has 2 fully saturated rings. The molecule has 24 heavy (non-hydrogen) atoms. The molecular weight excluding hydrogens is 324 g/mol. The fourth-order valence-electron chi connectivity index (χ4n) is 4.03. The van der Waals surface area contributed by atoms with Crippen molar-refractivity contribution in [2.45, 2.75) is 50.6 Å². The number of amides is 1. The average Bonchev–Trinajstić information content (AvgIpc) is 3.14. The highest BCUT2D eigenvalue weighted by atomic mass is 35.5. The third-order valence-corrected chi connectivity index (χ3v) is 5.69. The molecule has 1 aromatic carbocycles. The maximum atomic E-state index is 12.6. The van der Waals surface area contributed by atoms with Crippen LogP contribution in [0.3, 0.4) is 0 Å². The van der Waals surface area contributed by atoms with Crippen LogP contribution in [-0.2, 0) is 4.79 Å². The van der Waals surface area contributed by atoms with Crippen LogP contribution < -0.4 is 4.74 Å². The Hall–Kier alpha value is -1.26. The number of carbonyl (C=O) groups is 1. The predicted molar refractivity (Wildman–Crippen MR) is 96.6 cm³/mol. The highest BCUT2D eigenvalue weighted by Gasteiger charge is 2.35. The van der Waals surface area contributed by atoms with Crippen molar-refractivity contribution >= 4 is 17.5 Å². The van der Waals surface area contributed by atoms with E-state index in [1.165, 1.54) is 45.2 Å². The molecule has 1 saturated heterocycles. The smallest absolute Gasteiger partial charge is 0.260 e. The molecular formula is C19H27ClN2O2. The lowest BCUT2D eigenvalue weighted by atomic mass is 9.88. The standard InChI is InChI=1S/C19H27ClN2O2/c1-21(19(23)14-24-18-11-5-2-8-15(18)20)16-9-3-4-10-17(16)22-12-6-7-13-22/h2,5,8,11,16-17H,3-4,6-7,9-10,12-14H2,1H3. The second-order valence-electron chi connectivity index (χ2n) is 6.89. The first kappa shape index (κ1) is 17.6. The van der Waals surface area contributed by atoms with E-state index in [1.807, 2.05) is 24.1 Å². The lowest BCUT2D eigenvalue weighted by Crippen LogP contribution is -2.53. The zero-order valence-corrected chi connectivity index (χ0v) is 15.2. The topological polar surface area (TPSA) is 32.8 Å². The molecule has 2 aliphatic rings. The summed E-state index contributed by atoms with van der Waals surface area (Å²) in [7, 11) is 1.93. The van der Waals surface area contributed by atoms with Crippen molar-refractivity contribution in [1.29, 1.82) is 0 Å². The van der Waals surface area contributed by atoms with Gasteiger partial charge in [0.25, 0.3) is 5.91 Å². The third kappa shape index (κ3) is 4.04. The van der Waals surface area contributed by atoms with Crippen LogP contribution in [0.1, 0.15) is 38.5 Å². The maximum absolute atomic E-state index is 12.6. The minimum absolute atomic E-state index is 0.0333. The molecule has 1 heterocycles. The molecule has 1 aliphatic heterocycles. The zero-order valence-electron chi connectivity index (χ0n) is 14.4. The Balaban J connectivity index is 1.59. The number of likely N-dealkylation sites (tertiary alicyclic amines) is 1. The predicted octanol–water partition coefficient (Wildman–Crippen LogP) is 3.58. The second-order valence-corrected chi connectivity index (χ2v) is 7.29. The Morgan fingerprint density at radius 2 is 1.92 bits per heavy atom. The Morgan fingerprint density at radius 1 is 1.21 bits per heavy atom. The van der Waals surface area contributed by atoms with E-state index in [0.29, 0.717) is 22.9 Å². The van der Waals surface area contributed by atoms with E-state index >= 15 is 0 Å². The summed E-state index contributed by atoms with van der Waals surface area (Å²) in [4.78, 5) is 17.1. The van der Waals surface area contributed by atoms with Crippen LogP contribution in [-0.4, -0.2) is 54.5 Å². The normalized spacial score (nSPS) is 24.8. The van der Waals surface area contributed by atoms with Gasteiger partial charge < -0.3 is 9.64 Å². The summed E-state index contributed by atoms with van der Waals surface area (Å²) >= 11 is 6.09. The van der Waals surface area contributed by atoms with Crippen molar-refractivity contribution in [3.05, 3.63) is 29.3 Å². The van der Waals surface area contributed by atoms with Crippen LogP contribution in [0.15, 0.2) is 24.3 Å². The number of hydrogen-bond donors (Lipinski definition) is 0. The van der Waals surface area contributed by atoms with Gasteiger partial charge >= 0.3 is 0 Å². The molecule has 0 spiro atoms. The number of hydrogen-bond acceptors (Lipinski definition) is 3. The van der Waals surface area contributed by atoms with Crippen molar-refractivity contribution < 1.29 is 9.53 Å². The molecule has 132 valence electrons. The van der Waals surface area contributed by atoms with Crippen molar-refractivity contribution in [1.82, 2.24) is 9.80 Å². The van der Waals surface area contributed by atoms with Crippen molar-refractivity contribution in [3.63, 3.8) is 0 Å². The van der Waals surface area contributed by atoms with E-state index in [2.05, 4.69) is 4.90 Å². The monoisotopic (exact) mass is 350 g/mol. The molecule has 4 nitrogen and oxygen atoms in total. The molecule has 0 radical (unpaired) electrons. The Kier molecular flexibility index (Phi) is 6.01. The van der Waals surface area contributed by atoms with Gasteiger partial charge in [0, 0.05) is 19.1 Å². The van der Waals surface area contributed by atoms with Gasteiger partial charge in [-0.25, -0.2) is 0 Å². The molecule has 1 aromatic rings. The number of nitrogens with zero attached hydrogens (tertiary/aromatic N) is 2. The van der Waals surface area contributed by atoms with Gasteiger partial charge in [0.1, 0.15) is 5.75 Å². The molecule has 0 N–H and O–H groups in total. The summed E-state index contributed by atoms with van der Waals surface area (Å²) < 4.78 is 5.63. The first-order valence-electron chi connectivity index (χ1n) is 9.04.